The van der Waals surface area contributed by atoms with Crippen LogP contribution in [0.15, 0.2) is 54.6 Å². The van der Waals surface area contributed by atoms with Gasteiger partial charge >= 0.3 is 5.97 Å². The Labute approximate surface area is 245 Å². The minimum absolute atomic E-state index is 0.00490. The lowest BCUT2D eigenvalue weighted by Gasteiger charge is -2.18. The second-order valence-corrected chi connectivity index (χ2v) is 9.88. The third-order valence-electron chi connectivity index (χ3n) is 5.49. The van der Waals surface area contributed by atoms with Crippen molar-refractivity contribution in [1.82, 2.24) is 5.32 Å². The molecule has 1 unspecified atom stereocenters. The first-order valence-corrected chi connectivity index (χ1v) is 13.2. The Kier molecular flexibility index (Phi) is 11.3. The van der Waals surface area contributed by atoms with Crippen molar-refractivity contribution in [3.05, 3.63) is 91.4 Å². The van der Waals surface area contributed by atoms with Crippen LogP contribution >= 0.6 is 46.4 Å². The molecule has 3 rings (SSSR count). The van der Waals surface area contributed by atoms with Crippen LogP contribution in [0.5, 0.6) is 5.75 Å². The smallest absolute Gasteiger partial charge is 0.328 e. The van der Waals surface area contributed by atoms with Gasteiger partial charge in [0.1, 0.15) is 11.8 Å². The molecule has 0 saturated carbocycles. The van der Waals surface area contributed by atoms with Gasteiger partial charge in [0.25, 0.3) is 11.8 Å². The summed E-state index contributed by atoms with van der Waals surface area (Å²) in [5.41, 5.74) is 6.78. The highest BCUT2D eigenvalue weighted by Gasteiger charge is 2.25. The average Bonchev–Trinajstić information content (AvgIpc) is 2.88. The molecule has 0 aliphatic carbocycles. The quantitative estimate of drug-likeness (QED) is 0.186. The Hall–Kier alpha value is -3.01. The zero-order chi connectivity index (χ0) is 28.5. The van der Waals surface area contributed by atoms with Crippen molar-refractivity contribution in [2.75, 3.05) is 25.6 Å². The summed E-state index contributed by atoms with van der Waals surface area (Å²) in [7, 11) is 1.22. The predicted octanol–water partition coefficient (Wildman–Crippen LogP) is 5.79. The van der Waals surface area contributed by atoms with E-state index in [0.717, 1.165) is 0 Å². The number of carbonyl (C=O) groups excluding carboxylic acids is 3. The number of nitrogens with two attached hydrogens (primary N) is 1. The van der Waals surface area contributed by atoms with Gasteiger partial charge in [0.15, 0.2) is 0 Å². The van der Waals surface area contributed by atoms with Crippen LogP contribution in [0.1, 0.15) is 32.7 Å². The van der Waals surface area contributed by atoms with Crippen molar-refractivity contribution in [3.63, 3.8) is 0 Å². The molecule has 8 nitrogen and oxygen atoms in total. The van der Waals surface area contributed by atoms with E-state index in [0.29, 0.717) is 36.6 Å². The van der Waals surface area contributed by atoms with E-state index >= 15 is 0 Å². The van der Waals surface area contributed by atoms with Crippen LogP contribution in [0, 0.1) is 0 Å². The summed E-state index contributed by atoms with van der Waals surface area (Å²) in [5, 5.41) is 5.92. The molecular formula is C27H25Cl4N3O5. The molecule has 0 aromatic heterocycles. The fourth-order valence-electron chi connectivity index (χ4n) is 3.56. The van der Waals surface area contributed by atoms with Crippen LogP contribution in [0.3, 0.4) is 0 Å². The number of benzene rings is 3. The molecule has 3 aromatic carbocycles. The molecule has 3 aromatic rings. The SMILES string of the molecule is COC(=O)C(Cc1ccc(NC(=O)c2c(Cl)cccc2Cl)cc1)NC(=O)c1c(Cl)cc(OCCCN)cc1Cl. The zero-order valence-corrected chi connectivity index (χ0v) is 23.8. The third kappa shape index (κ3) is 8.24. The maximum absolute atomic E-state index is 13.0. The van der Waals surface area contributed by atoms with E-state index in [4.69, 9.17) is 61.6 Å². The van der Waals surface area contributed by atoms with E-state index < -0.39 is 23.8 Å². The van der Waals surface area contributed by atoms with Gasteiger partial charge in [-0.15, -0.1) is 0 Å². The molecule has 0 bridgehead atoms. The number of halogens is 4. The maximum atomic E-state index is 13.0. The first kappa shape index (κ1) is 30.5. The molecule has 0 radical (unpaired) electrons. The Morgan fingerprint density at radius 2 is 1.46 bits per heavy atom. The molecule has 39 heavy (non-hydrogen) atoms. The van der Waals surface area contributed by atoms with E-state index in [1.165, 1.54) is 19.2 Å². The number of nitrogens with one attached hydrogen (secondary N) is 2. The van der Waals surface area contributed by atoms with Gasteiger partial charge in [-0.3, -0.25) is 9.59 Å². The first-order valence-electron chi connectivity index (χ1n) is 11.7. The molecule has 0 saturated heterocycles. The number of hydrogen-bond donors (Lipinski definition) is 3. The molecule has 206 valence electrons. The number of rotatable bonds is 11. The van der Waals surface area contributed by atoms with Crippen LogP contribution in [0.4, 0.5) is 5.69 Å². The lowest BCUT2D eigenvalue weighted by molar-refractivity contribution is -0.142. The number of methoxy groups -OCH3 is 1. The molecule has 0 aliphatic heterocycles. The molecule has 0 fully saturated rings. The van der Waals surface area contributed by atoms with Crippen LogP contribution in [-0.4, -0.2) is 44.1 Å². The summed E-state index contributed by atoms with van der Waals surface area (Å²) in [6, 6.07) is 13.3. The van der Waals surface area contributed by atoms with Crippen LogP contribution < -0.4 is 21.1 Å². The number of esters is 1. The van der Waals surface area contributed by atoms with Crippen molar-refractivity contribution in [1.29, 1.82) is 0 Å². The van der Waals surface area contributed by atoms with Crippen molar-refractivity contribution in [3.8, 4) is 5.75 Å². The zero-order valence-electron chi connectivity index (χ0n) is 20.7. The molecule has 0 heterocycles. The van der Waals surface area contributed by atoms with E-state index in [1.54, 1.807) is 42.5 Å². The minimum Gasteiger partial charge on any atom is -0.493 e. The highest BCUT2D eigenvalue weighted by molar-refractivity contribution is 6.41. The van der Waals surface area contributed by atoms with Crippen molar-refractivity contribution < 1.29 is 23.9 Å². The highest BCUT2D eigenvalue weighted by Crippen LogP contribution is 2.31. The summed E-state index contributed by atoms with van der Waals surface area (Å²) >= 11 is 24.8. The summed E-state index contributed by atoms with van der Waals surface area (Å²) in [5.74, 6) is -1.40. The van der Waals surface area contributed by atoms with Crippen molar-refractivity contribution in [2.24, 2.45) is 5.73 Å². The van der Waals surface area contributed by atoms with E-state index in [1.807, 2.05) is 0 Å². The summed E-state index contributed by atoms with van der Waals surface area (Å²) in [6.07, 6.45) is 0.736. The Morgan fingerprint density at radius 3 is 2.03 bits per heavy atom. The van der Waals surface area contributed by atoms with Gasteiger partial charge in [0, 0.05) is 12.1 Å². The lowest BCUT2D eigenvalue weighted by Crippen LogP contribution is -2.43. The third-order valence-corrected chi connectivity index (χ3v) is 6.72. The second-order valence-electron chi connectivity index (χ2n) is 8.25. The van der Waals surface area contributed by atoms with Crippen LogP contribution in [0.25, 0.3) is 0 Å². The van der Waals surface area contributed by atoms with Gasteiger partial charge in [-0.25, -0.2) is 4.79 Å². The van der Waals surface area contributed by atoms with Gasteiger partial charge in [-0.1, -0.05) is 64.6 Å². The lowest BCUT2D eigenvalue weighted by atomic mass is 10.0. The number of ether oxygens (including phenoxy) is 2. The number of carbonyl (C=O) groups is 3. The predicted molar refractivity (Wildman–Crippen MR) is 153 cm³/mol. The topological polar surface area (TPSA) is 120 Å². The Morgan fingerprint density at radius 1 is 0.872 bits per heavy atom. The monoisotopic (exact) mass is 611 g/mol. The van der Waals surface area contributed by atoms with Gasteiger partial charge in [-0.2, -0.15) is 0 Å². The van der Waals surface area contributed by atoms with Gasteiger partial charge in [0.2, 0.25) is 0 Å². The standard InChI is InChI=1S/C27H25Cl4N3O5/c1-38-27(37)22(34-26(36)24-20(30)13-17(14-21(24)31)39-11-3-10-32)12-15-6-8-16(9-7-15)33-25(35)23-18(28)4-2-5-19(23)29/h2,4-9,13-14,22H,3,10-12,32H2,1H3,(H,33,35)(H,34,36). The van der Waals surface area contributed by atoms with Gasteiger partial charge in [0.05, 0.1) is 44.9 Å². The molecular weight excluding hydrogens is 588 g/mol. The van der Waals surface area contributed by atoms with E-state index in [9.17, 15) is 14.4 Å². The Bertz CT molecular complexity index is 1310. The first-order chi connectivity index (χ1) is 18.6. The largest absolute Gasteiger partial charge is 0.493 e. The molecule has 0 aliphatic rings. The average molecular weight is 613 g/mol. The fourth-order valence-corrected chi connectivity index (χ4v) is 4.77. The molecule has 12 heteroatoms. The molecule has 4 N–H and O–H groups in total. The maximum Gasteiger partial charge on any atom is 0.328 e. The highest BCUT2D eigenvalue weighted by atomic mass is 35.5. The Balaban J connectivity index is 1.71. The van der Waals surface area contributed by atoms with Crippen LogP contribution in [0.2, 0.25) is 20.1 Å². The number of hydrogen-bond acceptors (Lipinski definition) is 6. The van der Waals surface area contributed by atoms with Crippen LogP contribution in [-0.2, 0) is 16.0 Å². The van der Waals surface area contributed by atoms with Crippen molar-refractivity contribution in [2.45, 2.75) is 18.9 Å². The van der Waals surface area contributed by atoms with Gasteiger partial charge in [-0.05, 0) is 54.9 Å². The normalized spacial score (nSPS) is 11.4. The minimum atomic E-state index is -1.04. The van der Waals surface area contributed by atoms with E-state index in [2.05, 4.69) is 10.6 Å². The summed E-state index contributed by atoms with van der Waals surface area (Å²) in [4.78, 5) is 38.1. The summed E-state index contributed by atoms with van der Waals surface area (Å²) in [6.45, 7) is 0.834. The van der Waals surface area contributed by atoms with Crippen molar-refractivity contribution >= 4 is 69.9 Å². The van der Waals surface area contributed by atoms with Gasteiger partial charge < -0.3 is 25.8 Å². The van der Waals surface area contributed by atoms with E-state index in [-0.39, 0.29) is 37.6 Å². The fraction of sp³-hybridized carbons (Fsp3) is 0.222. The molecule has 1 atom stereocenters. The molecule has 0 spiro atoms. The number of amides is 2. The second kappa shape index (κ2) is 14.4. The number of anilines is 1. The molecule has 2 amide bonds. The summed E-state index contributed by atoms with van der Waals surface area (Å²) < 4.78 is 10.4.